The van der Waals surface area contributed by atoms with Crippen molar-refractivity contribution in [2.75, 3.05) is 32.8 Å². The Morgan fingerprint density at radius 3 is 2.86 bits per heavy atom. The predicted octanol–water partition coefficient (Wildman–Crippen LogP) is 1.77. The van der Waals surface area contributed by atoms with Crippen LogP contribution in [-0.4, -0.2) is 60.0 Å². The van der Waals surface area contributed by atoms with Crippen molar-refractivity contribution in [3.8, 4) is 0 Å². The summed E-state index contributed by atoms with van der Waals surface area (Å²) in [5, 5.41) is 3.80. The molecule has 0 bridgehead atoms. The van der Waals surface area contributed by atoms with Crippen molar-refractivity contribution in [2.45, 2.75) is 18.4 Å². The normalized spacial score (nSPS) is 21.2. The summed E-state index contributed by atoms with van der Waals surface area (Å²) in [5.41, 5.74) is 0.455. The van der Waals surface area contributed by atoms with E-state index in [0.29, 0.717) is 26.2 Å². The van der Waals surface area contributed by atoms with Crippen LogP contribution in [0.5, 0.6) is 0 Å². The molecule has 0 aliphatic carbocycles. The van der Waals surface area contributed by atoms with Crippen LogP contribution in [-0.2, 0) is 9.53 Å². The molecule has 0 atom stereocenters. The fourth-order valence-corrected chi connectivity index (χ4v) is 3.73. The maximum absolute atomic E-state index is 12.4. The molecule has 118 valence electrons. The first-order valence-electron chi connectivity index (χ1n) is 7.48. The molecule has 0 N–H and O–H groups in total. The number of nitrogens with zero attached hydrogens (tertiary/aromatic N) is 2. The molecular weight excluding hydrogens is 300 g/mol. The Morgan fingerprint density at radius 2 is 2.23 bits per heavy atom. The molecule has 1 spiro atoms. The lowest BCUT2D eigenvalue weighted by Crippen LogP contribution is -2.59. The van der Waals surface area contributed by atoms with Crippen LogP contribution in [0.3, 0.4) is 0 Å². The number of rotatable bonds is 3. The maximum Gasteiger partial charge on any atom is 0.254 e. The zero-order chi connectivity index (χ0) is 15.6. The summed E-state index contributed by atoms with van der Waals surface area (Å²) < 4.78 is 5.85. The third kappa shape index (κ3) is 2.94. The predicted molar refractivity (Wildman–Crippen MR) is 84.9 cm³/mol. The lowest BCUT2D eigenvalue weighted by atomic mass is 9.89. The molecule has 3 heterocycles. The molecule has 0 radical (unpaired) electrons. The number of thiophene rings is 1. The Kier molecular flexibility index (Phi) is 4.31. The SMILES string of the molecule is C=CCN1CC2(CCN(C(=O)c3ccsc3)CC2)OCC1=O. The molecule has 1 aromatic heterocycles. The van der Waals surface area contributed by atoms with Gasteiger partial charge in [0, 0.05) is 25.0 Å². The van der Waals surface area contributed by atoms with Gasteiger partial charge in [-0.25, -0.2) is 0 Å². The van der Waals surface area contributed by atoms with Crippen molar-refractivity contribution in [3.63, 3.8) is 0 Å². The molecule has 3 rings (SSSR count). The van der Waals surface area contributed by atoms with Gasteiger partial charge in [0.25, 0.3) is 5.91 Å². The van der Waals surface area contributed by atoms with Crippen LogP contribution in [0.15, 0.2) is 29.5 Å². The van der Waals surface area contributed by atoms with Crippen LogP contribution < -0.4 is 0 Å². The molecular formula is C16H20N2O3S. The van der Waals surface area contributed by atoms with Gasteiger partial charge in [-0.05, 0) is 24.3 Å². The summed E-state index contributed by atoms with van der Waals surface area (Å²) in [5.74, 6) is 0.105. The number of carbonyl (C=O) groups excluding carboxylic acids is 2. The Labute approximate surface area is 134 Å². The lowest BCUT2D eigenvalue weighted by Gasteiger charge is -2.46. The molecule has 2 amide bonds. The minimum absolute atomic E-state index is 0.0160. The van der Waals surface area contributed by atoms with Crippen molar-refractivity contribution in [2.24, 2.45) is 0 Å². The van der Waals surface area contributed by atoms with Gasteiger partial charge in [-0.1, -0.05) is 6.08 Å². The number of piperidine rings is 1. The summed E-state index contributed by atoms with van der Waals surface area (Å²) in [6.45, 7) is 6.33. The minimum atomic E-state index is -0.303. The Balaban J connectivity index is 1.62. The second-order valence-corrected chi connectivity index (χ2v) is 6.62. The molecule has 6 heteroatoms. The Morgan fingerprint density at radius 1 is 1.45 bits per heavy atom. The smallest absolute Gasteiger partial charge is 0.254 e. The summed E-state index contributed by atoms with van der Waals surface area (Å²) in [6.07, 6.45) is 3.28. The highest BCUT2D eigenvalue weighted by Crippen LogP contribution is 2.31. The largest absolute Gasteiger partial charge is 0.363 e. The van der Waals surface area contributed by atoms with Crippen molar-refractivity contribution >= 4 is 23.2 Å². The van der Waals surface area contributed by atoms with Crippen LogP contribution in [0.2, 0.25) is 0 Å². The van der Waals surface area contributed by atoms with E-state index in [1.165, 1.54) is 11.3 Å². The van der Waals surface area contributed by atoms with Crippen molar-refractivity contribution in [3.05, 3.63) is 35.0 Å². The average Bonchev–Trinajstić information content (AvgIpc) is 3.06. The van der Waals surface area contributed by atoms with E-state index < -0.39 is 0 Å². The van der Waals surface area contributed by atoms with Crippen molar-refractivity contribution in [1.82, 2.24) is 9.80 Å². The van der Waals surface area contributed by atoms with Crippen LogP contribution in [0.1, 0.15) is 23.2 Å². The van der Waals surface area contributed by atoms with E-state index in [1.54, 1.807) is 11.0 Å². The minimum Gasteiger partial charge on any atom is -0.363 e. The molecule has 5 nitrogen and oxygen atoms in total. The van der Waals surface area contributed by atoms with E-state index in [-0.39, 0.29) is 24.0 Å². The van der Waals surface area contributed by atoms with Gasteiger partial charge in [-0.15, -0.1) is 6.58 Å². The zero-order valence-corrected chi connectivity index (χ0v) is 13.3. The van der Waals surface area contributed by atoms with Gasteiger partial charge < -0.3 is 14.5 Å². The number of amides is 2. The van der Waals surface area contributed by atoms with E-state index >= 15 is 0 Å². The molecule has 22 heavy (non-hydrogen) atoms. The van der Waals surface area contributed by atoms with Crippen LogP contribution in [0.25, 0.3) is 0 Å². The van der Waals surface area contributed by atoms with E-state index in [4.69, 9.17) is 4.74 Å². The third-order valence-electron chi connectivity index (χ3n) is 4.41. The summed E-state index contributed by atoms with van der Waals surface area (Å²) in [4.78, 5) is 27.9. The van der Waals surface area contributed by atoms with Gasteiger partial charge in [-0.3, -0.25) is 9.59 Å². The highest BCUT2D eigenvalue weighted by Gasteiger charge is 2.42. The molecule has 2 fully saturated rings. The van der Waals surface area contributed by atoms with E-state index in [0.717, 1.165) is 18.4 Å². The Hall–Kier alpha value is -1.66. The standard InChI is InChI=1S/C16H20N2O3S/c1-2-6-18-12-16(21-10-14(18)19)4-7-17(8-5-16)15(20)13-3-9-22-11-13/h2-3,9,11H,1,4-8,10,12H2. The van der Waals surface area contributed by atoms with Gasteiger partial charge in [0.1, 0.15) is 6.61 Å². The van der Waals surface area contributed by atoms with Gasteiger partial charge in [-0.2, -0.15) is 11.3 Å². The number of likely N-dealkylation sites (tertiary alicyclic amines) is 1. The fraction of sp³-hybridized carbons (Fsp3) is 0.500. The number of hydrogen-bond acceptors (Lipinski definition) is 4. The van der Waals surface area contributed by atoms with Gasteiger partial charge in [0.2, 0.25) is 5.91 Å². The van der Waals surface area contributed by atoms with Gasteiger partial charge in [0.05, 0.1) is 17.7 Å². The topological polar surface area (TPSA) is 49.9 Å². The highest BCUT2D eigenvalue weighted by atomic mass is 32.1. The monoisotopic (exact) mass is 320 g/mol. The van der Waals surface area contributed by atoms with Crippen LogP contribution >= 0.6 is 11.3 Å². The Bertz CT molecular complexity index is 562. The molecule has 0 aromatic carbocycles. The number of morpholine rings is 1. The van der Waals surface area contributed by atoms with Crippen molar-refractivity contribution in [1.29, 1.82) is 0 Å². The first kappa shape index (κ1) is 15.2. The summed E-state index contributed by atoms with van der Waals surface area (Å²) in [6, 6.07) is 1.86. The molecule has 1 aromatic rings. The summed E-state index contributed by atoms with van der Waals surface area (Å²) >= 11 is 1.53. The second-order valence-electron chi connectivity index (χ2n) is 5.84. The molecule has 2 aliphatic rings. The third-order valence-corrected chi connectivity index (χ3v) is 5.10. The van der Waals surface area contributed by atoms with E-state index in [9.17, 15) is 9.59 Å². The maximum atomic E-state index is 12.4. The molecule has 2 saturated heterocycles. The quantitative estimate of drug-likeness (QED) is 0.798. The molecule has 2 aliphatic heterocycles. The highest BCUT2D eigenvalue weighted by molar-refractivity contribution is 7.08. The van der Waals surface area contributed by atoms with Crippen LogP contribution in [0.4, 0.5) is 0 Å². The fourth-order valence-electron chi connectivity index (χ4n) is 3.10. The van der Waals surface area contributed by atoms with E-state index in [2.05, 4.69) is 6.58 Å². The second kappa shape index (κ2) is 6.22. The van der Waals surface area contributed by atoms with Crippen LogP contribution in [0, 0.1) is 0 Å². The first-order chi connectivity index (χ1) is 10.6. The van der Waals surface area contributed by atoms with Gasteiger partial charge >= 0.3 is 0 Å². The number of hydrogen-bond donors (Lipinski definition) is 0. The first-order valence-corrected chi connectivity index (χ1v) is 8.42. The summed E-state index contributed by atoms with van der Waals surface area (Å²) in [7, 11) is 0. The number of ether oxygens (including phenoxy) is 1. The molecule has 0 saturated carbocycles. The van der Waals surface area contributed by atoms with E-state index in [1.807, 2.05) is 21.7 Å². The molecule has 0 unspecified atom stereocenters. The lowest BCUT2D eigenvalue weighted by molar-refractivity contribution is -0.169. The van der Waals surface area contributed by atoms with Crippen molar-refractivity contribution < 1.29 is 14.3 Å². The average molecular weight is 320 g/mol. The zero-order valence-electron chi connectivity index (χ0n) is 12.5. The number of carbonyl (C=O) groups is 2. The van der Waals surface area contributed by atoms with Gasteiger partial charge in [0.15, 0.2) is 0 Å².